The number of nitrogens with zero attached hydrogens (tertiary/aromatic N) is 1. The third-order valence-corrected chi connectivity index (χ3v) is 6.13. The minimum atomic E-state index is -4.00. The SMILES string of the molecule is COc1cccc(CN=C2Nc3c(ccc(F)c3Oc3ccccc3Cl)S(=O)(=O)N2)c1. The molecule has 0 radical (unpaired) electrons. The lowest BCUT2D eigenvalue weighted by Gasteiger charge is -2.24. The number of ether oxygens (including phenoxy) is 2. The molecule has 160 valence electrons. The monoisotopic (exact) mass is 461 g/mol. The number of rotatable bonds is 5. The van der Waals surface area contributed by atoms with Crippen LogP contribution in [0.1, 0.15) is 5.56 Å². The minimum Gasteiger partial charge on any atom is -0.497 e. The van der Waals surface area contributed by atoms with Crippen LogP contribution in [0.15, 0.2) is 70.6 Å². The van der Waals surface area contributed by atoms with Crippen molar-refractivity contribution in [3.05, 3.63) is 77.1 Å². The minimum absolute atomic E-state index is 0.0649. The van der Waals surface area contributed by atoms with Gasteiger partial charge in [0.15, 0.2) is 11.6 Å². The van der Waals surface area contributed by atoms with E-state index < -0.39 is 15.8 Å². The van der Waals surface area contributed by atoms with E-state index in [0.717, 1.165) is 17.7 Å². The first-order valence-corrected chi connectivity index (χ1v) is 11.0. The van der Waals surface area contributed by atoms with E-state index in [9.17, 15) is 12.8 Å². The van der Waals surface area contributed by atoms with Crippen molar-refractivity contribution in [1.29, 1.82) is 0 Å². The maximum Gasteiger partial charge on any atom is 0.266 e. The van der Waals surface area contributed by atoms with Crippen LogP contribution in [0.2, 0.25) is 5.02 Å². The lowest BCUT2D eigenvalue weighted by molar-refractivity contribution is 0.414. The summed E-state index contributed by atoms with van der Waals surface area (Å²) in [5, 5.41) is 3.07. The van der Waals surface area contributed by atoms with Crippen LogP contribution in [0.25, 0.3) is 0 Å². The second kappa shape index (κ2) is 8.44. The van der Waals surface area contributed by atoms with Gasteiger partial charge in [0, 0.05) is 0 Å². The first-order valence-electron chi connectivity index (χ1n) is 9.09. The molecular formula is C21H17ClFN3O4S. The summed E-state index contributed by atoms with van der Waals surface area (Å²) in [5.41, 5.74) is 0.730. The Morgan fingerprint density at radius 2 is 1.90 bits per heavy atom. The van der Waals surface area contributed by atoms with Crippen LogP contribution in [0.3, 0.4) is 0 Å². The van der Waals surface area contributed by atoms with E-state index in [1.807, 2.05) is 6.07 Å². The van der Waals surface area contributed by atoms with Gasteiger partial charge in [-0.1, -0.05) is 35.9 Å². The van der Waals surface area contributed by atoms with Gasteiger partial charge in [-0.15, -0.1) is 0 Å². The predicted molar refractivity (Wildman–Crippen MR) is 116 cm³/mol. The Hall–Kier alpha value is -3.30. The average molecular weight is 462 g/mol. The number of fused-ring (bicyclic) bond motifs is 1. The fraction of sp³-hybridized carbons (Fsp3) is 0.0952. The van der Waals surface area contributed by atoms with Gasteiger partial charge >= 0.3 is 0 Å². The van der Waals surface area contributed by atoms with E-state index in [1.54, 1.807) is 49.6 Å². The van der Waals surface area contributed by atoms with Crippen molar-refractivity contribution < 1.29 is 22.3 Å². The van der Waals surface area contributed by atoms with Gasteiger partial charge < -0.3 is 14.8 Å². The number of methoxy groups -OCH3 is 1. The molecule has 1 heterocycles. The lowest BCUT2D eigenvalue weighted by atomic mass is 10.2. The standard InChI is InChI=1S/C21H17ClFN3O4S/c1-29-14-6-4-5-13(11-14)12-24-21-25-19-18(31(27,28)26-21)10-9-16(23)20(19)30-17-8-3-2-7-15(17)22/h2-11H,12H2,1H3,(H2,24,25,26). The summed E-state index contributed by atoms with van der Waals surface area (Å²) in [7, 11) is -2.45. The number of halogens is 2. The molecule has 0 amide bonds. The molecule has 1 aliphatic rings. The Balaban J connectivity index is 1.70. The molecule has 0 bridgehead atoms. The quantitative estimate of drug-likeness (QED) is 0.582. The van der Waals surface area contributed by atoms with E-state index in [2.05, 4.69) is 15.0 Å². The summed E-state index contributed by atoms with van der Waals surface area (Å²) in [4.78, 5) is 4.10. The van der Waals surface area contributed by atoms with Gasteiger partial charge in [0.2, 0.25) is 5.96 Å². The first kappa shape index (κ1) is 21.0. The van der Waals surface area contributed by atoms with Crippen LogP contribution in [0.5, 0.6) is 17.2 Å². The Kier molecular flexibility index (Phi) is 5.71. The van der Waals surface area contributed by atoms with Crippen molar-refractivity contribution in [1.82, 2.24) is 4.72 Å². The van der Waals surface area contributed by atoms with Crippen molar-refractivity contribution in [2.24, 2.45) is 4.99 Å². The molecule has 0 unspecified atom stereocenters. The summed E-state index contributed by atoms with van der Waals surface area (Å²) < 4.78 is 53.2. The second-order valence-corrected chi connectivity index (χ2v) is 8.59. The van der Waals surface area contributed by atoms with Crippen molar-refractivity contribution in [2.75, 3.05) is 12.4 Å². The molecule has 1 aliphatic heterocycles. The van der Waals surface area contributed by atoms with Gasteiger partial charge in [-0.3, -0.25) is 0 Å². The van der Waals surface area contributed by atoms with Crippen molar-refractivity contribution in [3.8, 4) is 17.2 Å². The molecule has 0 spiro atoms. The van der Waals surface area contributed by atoms with Crippen LogP contribution in [0.4, 0.5) is 10.1 Å². The molecule has 4 rings (SSSR count). The van der Waals surface area contributed by atoms with E-state index in [-0.39, 0.29) is 39.6 Å². The highest BCUT2D eigenvalue weighted by Crippen LogP contribution is 2.40. The number of nitrogens with one attached hydrogen (secondary N) is 2. The van der Waals surface area contributed by atoms with Crippen LogP contribution in [-0.4, -0.2) is 21.5 Å². The fourth-order valence-corrected chi connectivity index (χ4v) is 4.27. The largest absolute Gasteiger partial charge is 0.497 e. The molecule has 0 saturated heterocycles. The normalized spacial score (nSPS) is 15.5. The molecule has 10 heteroatoms. The van der Waals surface area contributed by atoms with Crippen LogP contribution < -0.4 is 19.5 Å². The molecule has 2 N–H and O–H groups in total. The Morgan fingerprint density at radius 1 is 1.10 bits per heavy atom. The number of anilines is 1. The van der Waals surface area contributed by atoms with Crippen molar-refractivity contribution in [2.45, 2.75) is 11.4 Å². The van der Waals surface area contributed by atoms with Gasteiger partial charge in [0.1, 0.15) is 22.1 Å². The van der Waals surface area contributed by atoms with Gasteiger partial charge in [-0.05, 0) is 42.0 Å². The van der Waals surface area contributed by atoms with Gasteiger partial charge in [-0.2, -0.15) is 0 Å². The predicted octanol–water partition coefficient (Wildman–Crippen LogP) is 4.54. The fourth-order valence-electron chi connectivity index (χ4n) is 2.96. The number of guanidine groups is 1. The molecule has 7 nitrogen and oxygen atoms in total. The molecule has 0 aliphatic carbocycles. The third-order valence-electron chi connectivity index (χ3n) is 4.44. The van der Waals surface area contributed by atoms with Crippen molar-refractivity contribution >= 4 is 33.3 Å². The highest BCUT2D eigenvalue weighted by atomic mass is 35.5. The molecule has 31 heavy (non-hydrogen) atoms. The number of para-hydroxylation sites is 1. The van der Waals surface area contributed by atoms with E-state index >= 15 is 0 Å². The Bertz CT molecular complexity index is 1280. The molecule has 0 saturated carbocycles. The third kappa shape index (κ3) is 4.42. The summed E-state index contributed by atoms with van der Waals surface area (Å²) in [6.45, 7) is 0.160. The maximum absolute atomic E-state index is 14.6. The number of sulfonamides is 1. The van der Waals surface area contributed by atoms with E-state index in [4.69, 9.17) is 21.1 Å². The molecule has 3 aromatic rings. The van der Waals surface area contributed by atoms with Crippen LogP contribution in [0, 0.1) is 5.82 Å². The van der Waals surface area contributed by atoms with E-state index in [0.29, 0.717) is 5.75 Å². The van der Waals surface area contributed by atoms with E-state index in [1.165, 1.54) is 0 Å². The smallest absolute Gasteiger partial charge is 0.266 e. The van der Waals surface area contributed by atoms with Crippen LogP contribution >= 0.6 is 11.6 Å². The van der Waals surface area contributed by atoms with Gasteiger partial charge in [0.05, 0.1) is 18.7 Å². The summed E-state index contributed by atoms with van der Waals surface area (Å²) in [6.07, 6.45) is 0. The summed E-state index contributed by atoms with van der Waals surface area (Å²) in [6, 6.07) is 15.9. The highest BCUT2D eigenvalue weighted by molar-refractivity contribution is 7.90. The molecule has 0 aromatic heterocycles. The summed E-state index contributed by atoms with van der Waals surface area (Å²) in [5.74, 6) is -0.285. The van der Waals surface area contributed by atoms with Gasteiger partial charge in [0.25, 0.3) is 10.0 Å². The molecule has 3 aromatic carbocycles. The zero-order valence-corrected chi connectivity index (χ0v) is 17.8. The zero-order chi connectivity index (χ0) is 22.0. The highest BCUT2D eigenvalue weighted by Gasteiger charge is 2.31. The number of benzene rings is 3. The Morgan fingerprint density at radius 3 is 2.68 bits per heavy atom. The number of aliphatic imine (C=N–C) groups is 1. The first-order chi connectivity index (χ1) is 14.9. The van der Waals surface area contributed by atoms with Gasteiger partial charge in [-0.25, -0.2) is 22.5 Å². The molecule has 0 fully saturated rings. The number of hydrogen-bond donors (Lipinski definition) is 2. The topological polar surface area (TPSA) is 89.0 Å². The zero-order valence-electron chi connectivity index (χ0n) is 16.2. The molecular weight excluding hydrogens is 445 g/mol. The average Bonchev–Trinajstić information content (AvgIpc) is 2.75. The second-order valence-electron chi connectivity index (χ2n) is 6.53. The summed E-state index contributed by atoms with van der Waals surface area (Å²) >= 11 is 6.10. The Labute approximate surface area is 183 Å². The van der Waals surface area contributed by atoms with Crippen LogP contribution in [-0.2, 0) is 16.6 Å². The molecule has 0 atom stereocenters. The lowest BCUT2D eigenvalue weighted by Crippen LogP contribution is -2.41. The van der Waals surface area contributed by atoms with Crippen molar-refractivity contribution in [3.63, 3.8) is 0 Å². The maximum atomic E-state index is 14.6. The number of hydrogen-bond acceptors (Lipinski definition) is 5.